The van der Waals surface area contributed by atoms with Crippen LogP contribution in [0.25, 0.3) is 0 Å². The van der Waals surface area contributed by atoms with Crippen LogP contribution in [0.1, 0.15) is 11.3 Å². The van der Waals surface area contributed by atoms with Gasteiger partial charge in [0.25, 0.3) is 5.22 Å². The average molecular weight is 290 g/mol. The molecule has 0 spiro atoms. The van der Waals surface area contributed by atoms with Crippen LogP contribution in [0.3, 0.4) is 0 Å². The molecule has 2 aromatic rings. The molecule has 0 N–H and O–H groups in total. The lowest BCUT2D eigenvalue weighted by Crippen LogP contribution is -1.77. The van der Waals surface area contributed by atoms with Crippen molar-refractivity contribution < 1.29 is 4.42 Å². The predicted octanol–water partition coefficient (Wildman–Crippen LogP) is 4.10. The van der Waals surface area contributed by atoms with Gasteiger partial charge in [-0.3, -0.25) is 0 Å². The van der Waals surface area contributed by atoms with Crippen LogP contribution in [-0.4, -0.2) is 4.98 Å². The van der Waals surface area contributed by atoms with Gasteiger partial charge in [-0.05, 0) is 39.9 Å². The number of hydrogen-bond donors (Lipinski definition) is 0. The van der Waals surface area contributed by atoms with Gasteiger partial charge in [-0.25, -0.2) is 4.98 Å². The molecule has 0 saturated carbocycles. The van der Waals surface area contributed by atoms with E-state index in [0.717, 1.165) is 16.7 Å². The molecule has 0 aliphatic heterocycles. The van der Waals surface area contributed by atoms with Gasteiger partial charge < -0.3 is 4.42 Å². The number of oxazole rings is 1. The van der Waals surface area contributed by atoms with Crippen LogP contribution in [0.2, 0.25) is 0 Å². The van der Waals surface area contributed by atoms with Crippen molar-refractivity contribution in [3.05, 3.63) is 32.8 Å². The highest BCUT2D eigenvalue weighted by molar-refractivity contribution is 9.11. The number of rotatable bonds is 3. The third kappa shape index (κ3) is 2.40. The van der Waals surface area contributed by atoms with E-state index in [-0.39, 0.29) is 0 Å². The third-order valence-electron chi connectivity index (χ3n) is 1.64. The summed E-state index contributed by atoms with van der Waals surface area (Å²) in [5.41, 5.74) is 2.22. The quantitative estimate of drug-likeness (QED) is 0.796. The summed E-state index contributed by atoms with van der Waals surface area (Å²) in [6.07, 6.45) is 1.67. The van der Waals surface area contributed by atoms with Crippen LogP contribution in [0, 0.1) is 6.92 Å². The lowest BCUT2D eigenvalue weighted by Gasteiger charge is -1.94. The zero-order valence-electron chi connectivity index (χ0n) is 7.49. The van der Waals surface area contributed by atoms with Crippen molar-refractivity contribution in [1.82, 2.24) is 4.98 Å². The Hall–Kier alpha value is -0.260. The first-order chi connectivity index (χ1) is 6.75. The fraction of sp³-hybridized carbons (Fsp3) is 0.222. The van der Waals surface area contributed by atoms with Crippen molar-refractivity contribution in [1.29, 1.82) is 0 Å². The first-order valence-corrected chi connectivity index (χ1v) is 6.68. The summed E-state index contributed by atoms with van der Waals surface area (Å²) in [6, 6.07) is 2.11. The Labute approximate surface area is 98.9 Å². The van der Waals surface area contributed by atoms with Crippen molar-refractivity contribution in [2.75, 3.05) is 0 Å². The SMILES string of the molecule is Cc1coc(SCc2ccsc2Br)n1. The fourth-order valence-corrected chi connectivity index (χ4v) is 3.32. The lowest BCUT2D eigenvalue weighted by molar-refractivity contribution is 0.454. The minimum Gasteiger partial charge on any atom is -0.440 e. The molecular weight excluding hydrogens is 282 g/mol. The van der Waals surface area contributed by atoms with Crippen molar-refractivity contribution in [3.63, 3.8) is 0 Å². The minimum atomic E-state index is 0.737. The fourth-order valence-electron chi connectivity index (χ4n) is 0.960. The summed E-state index contributed by atoms with van der Waals surface area (Å²) in [5, 5.41) is 2.81. The normalized spacial score (nSPS) is 10.7. The Balaban J connectivity index is 1.98. The zero-order valence-corrected chi connectivity index (χ0v) is 10.7. The van der Waals surface area contributed by atoms with Crippen molar-refractivity contribution in [3.8, 4) is 0 Å². The summed E-state index contributed by atoms with van der Waals surface area (Å²) in [4.78, 5) is 4.22. The highest BCUT2D eigenvalue weighted by Gasteiger charge is 2.05. The van der Waals surface area contributed by atoms with Gasteiger partial charge in [-0.2, -0.15) is 0 Å². The van der Waals surface area contributed by atoms with Gasteiger partial charge in [-0.15, -0.1) is 11.3 Å². The van der Waals surface area contributed by atoms with E-state index >= 15 is 0 Å². The molecule has 0 atom stereocenters. The average Bonchev–Trinajstić information content (AvgIpc) is 2.72. The van der Waals surface area contributed by atoms with Crippen molar-refractivity contribution in [2.24, 2.45) is 0 Å². The maximum Gasteiger partial charge on any atom is 0.256 e. The number of aryl methyl sites for hydroxylation is 1. The molecule has 0 fully saturated rings. The van der Waals surface area contributed by atoms with Crippen LogP contribution in [-0.2, 0) is 5.75 Å². The van der Waals surface area contributed by atoms with Crippen molar-refractivity contribution in [2.45, 2.75) is 17.9 Å². The van der Waals surface area contributed by atoms with E-state index in [2.05, 4.69) is 32.4 Å². The monoisotopic (exact) mass is 289 g/mol. The van der Waals surface area contributed by atoms with Crippen LogP contribution in [0.4, 0.5) is 0 Å². The summed E-state index contributed by atoms with van der Waals surface area (Å²) in [7, 11) is 0. The smallest absolute Gasteiger partial charge is 0.256 e. The molecule has 0 radical (unpaired) electrons. The van der Waals surface area contributed by atoms with E-state index in [1.807, 2.05) is 6.92 Å². The Morgan fingerprint density at radius 1 is 1.64 bits per heavy atom. The number of aromatic nitrogens is 1. The molecule has 0 aliphatic carbocycles. The number of thiophene rings is 1. The standard InChI is InChI=1S/C9H8BrNOS2/c1-6-4-12-9(11-6)14-5-7-2-3-13-8(7)10/h2-4H,5H2,1H3. The van der Waals surface area contributed by atoms with Gasteiger partial charge in [0, 0.05) is 5.75 Å². The predicted molar refractivity (Wildman–Crippen MR) is 62.8 cm³/mol. The number of thioether (sulfide) groups is 1. The lowest BCUT2D eigenvalue weighted by atomic mass is 10.4. The summed E-state index contributed by atoms with van der Waals surface area (Å²) in [6.45, 7) is 1.92. The first kappa shape index (κ1) is 10.3. The largest absolute Gasteiger partial charge is 0.440 e. The molecule has 2 aromatic heterocycles. The van der Waals surface area contributed by atoms with Crippen LogP contribution < -0.4 is 0 Å². The molecule has 14 heavy (non-hydrogen) atoms. The molecule has 74 valence electrons. The molecule has 2 rings (SSSR count). The topological polar surface area (TPSA) is 26.0 Å². The van der Waals surface area contributed by atoms with Gasteiger partial charge in [-0.1, -0.05) is 11.8 Å². The van der Waals surface area contributed by atoms with E-state index < -0.39 is 0 Å². The van der Waals surface area contributed by atoms with Crippen molar-refractivity contribution >= 4 is 39.0 Å². The summed E-state index contributed by atoms with van der Waals surface area (Å²) < 4.78 is 6.43. The van der Waals surface area contributed by atoms with E-state index in [1.54, 1.807) is 29.4 Å². The van der Waals surface area contributed by atoms with Gasteiger partial charge in [0.15, 0.2) is 0 Å². The second-order valence-electron chi connectivity index (χ2n) is 2.76. The first-order valence-electron chi connectivity index (χ1n) is 4.02. The Morgan fingerprint density at radius 2 is 2.50 bits per heavy atom. The maximum atomic E-state index is 5.24. The molecule has 0 bridgehead atoms. The van der Waals surface area contributed by atoms with Gasteiger partial charge in [0.2, 0.25) is 0 Å². The minimum absolute atomic E-state index is 0.737. The molecule has 0 amide bonds. The van der Waals surface area contributed by atoms with E-state index in [9.17, 15) is 0 Å². The van der Waals surface area contributed by atoms with E-state index in [0.29, 0.717) is 0 Å². The number of halogens is 1. The van der Waals surface area contributed by atoms with Gasteiger partial charge >= 0.3 is 0 Å². The highest BCUT2D eigenvalue weighted by atomic mass is 79.9. The molecule has 0 aromatic carbocycles. The molecule has 0 unspecified atom stereocenters. The molecule has 2 nitrogen and oxygen atoms in total. The Bertz CT molecular complexity index is 424. The molecule has 5 heteroatoms. The summed E-state index contributed by atoms with van der Waals surface area (Å²) in [5.74, 6) is 0.893. The molecule has 2 heterocycles. The molecule has 0 aliphatic rings. The van der Waals surface area contributed by atoms with Crippen LogP contribution >= 0.6 is 39.0 Å². The number of nitrogens with zero attached hydrogens (tertiary/aromatic N) is 1. The molecular formula is C9H8BrNOS2. The Kier molecular flexibility index (Phi) is 3.30. The second-order valence-corrected chi connectivity index (χ2v) is 5.92. The van der Waals surface area contributed by atoms with Crippen LogP contribution in [0.5, 0.6) is 0 Å². The van der Waals surface area contributed by atoms with E-state index in [4.69, 9.17) is 4.42 Å². The summed E-state index contributed by atoms with van der Waals surface area (Å²) >= 11 is 6.81. The Morgan fingerprint density at radius 3 is 3.07 bits per heavy atom. The van der Waals surface area contributed by atoms with Crippen LogP contribution in [0.15, 0.2) is 31.1 Å². The number of hydrogen-bond acceptors (Lipinski definition) is 4. The zero-order chi connectivity index (χ0) is 9.97. The van der Waals surface area contributed by atoms with Gasteiger partial charge in [0.1, 0.15) is 6.26 Å². The van der Waals surface area contributed by atoms with Gasteiger partial charge in [0.05, 0.1) is 9.48 Å². The third-order valence-corrected chi connectivity index (χ3v) is 4.34. The maximum absolute atomic E-state index is 5.24. The molecule has 0 saturated heterocycles. The van der Waals surface area contributed by atoms with E-state index in [1.165, 1.54) is 9.35 Å². The second kappa shape index (κ2) is 4.51. The highest BCUT2D eigenvalue weighted by Crippen LogP contribution is 2.29.